The number of amides is 1. The van der Waals surface area contributed by atoms with E-state index in [0.717, 1.165) is 5.56 Å². The van der Waals surface area contributed by atoms with E-state index in [9.17, 15) is 10.0 Å². The van der Waals surface area contributed by atoms with Crippen molar-refractivity contribution in [2.45, 2.75) is 13.0 Å². The summed E-state index contributed by atoms with van der Waals surface area (Å²) in [6.45, 7) is 1.79. The van der Waals surface area contributed by atoms with Crippen molar-refractivity contribution in [2.75, 3.05) is 0 Å². The molecule has 19 heavy (non-hydrogen) atoms. The molecule has 3 nitrogen and oxygen atoms in total. The molecule has 4 heteroatoms. The predicted molar refractivity (Wildman–Crippen MR) is 77.4 cm³/mol. The molecular weight excluding hydrogens is 258 g/mol. The van der Waals surface area contributed by atoms with Crippen molar-refractivity contribution in [3.05, 3.63) is 48.0 Å². The summed E-state index contributed by atoms with van der Waals surface area (Å²) < 4.78 is 2.42. The third-order valence-electron chi connectivity index (χ3n) is 3.39. The molecule has 1 unspecified atom stereocenters. The van der Waals surface area contributed by atoms with Crippen molar-refractivity contribution in [3.8, 4) is 0 Å². The first-order valence-corrected chi connectivity index (χ1v) is 6.86. The fraction of sp³-hybridized carbons (Fsp3) is 0.133. The number of thiophene rings is 1. The van der Waals surface area contributed by atoms with E-state index in [1.165, 1.54) is 20.2 Å². The molecule has 0 bridgehead atoms. The summed E-state index contributed by atoms with van der Waals surface area (Å²) in [5.41, 5.74) is 0.925. The van der Waals surface area contributed by atoms with E-state index >= 15 is 0 Å². The topological polar surface area (TPSA) is 40.5 Å². The first-order valence-electron chi connectivity index (χ1n) is 6.04. The molecule has 0 fully saturated rings. The lowest BCUT2D eigenvalue weighted by Gasteiger charge is -2.18. The zero-order valence-electron chi connectivity index (χ0n) is 10.4. The van der Waals surface area contributed by atoms with Crippen molar-refractivity contribution in [2.24, 2.45) is 0 Å². The Kier molecular flexibility index (Phi) is 2.97. The van der Waals surface area contributed by atoms with Crippen molar-refractivity contribution in [1.29, 1.82) is 0 Å². The normalized spacial score (nSPS) is 12.7. The maximum atomic E-state index is 10.6. The fourth-order valence-electron chi connectivity index (χ4n) is 2.25. The van der Waals surface area contributed by atoms with Crippen LogP contribution in [-0.2, 0) is 4.79 Å². The quantitative estimate of drug-likeness (QED) is 0.445. The molecule has 3 aromatic rings. The number of benzene rings is 2. The molecule has 0 spiro atoms. The summed E-state index contributed by atoms with van der Waals surface area (Å²) in [7, 11) is 0. The number of hydrogen-bond donors (Lipinski definition) is 1. The Bertz CT molecular complexity index is 750. The van der Waals surface area contributed by atoms with Crippen LogP contribution in [0.25, 0.3) is 20.2 Å². The van der Waals surface area contributed by atoms with Crippen molar-refractivity contribution in [3.63, 3.8) is 0 Å². The van der Waals surface area contributed by atoms with Gasteiger partial charge >= 0.3 is 0 Å². The summed E-state index contributed by atoms with van der Waals surface area (Å²) in [6.07, 6.45) is 0.430. The number of carbonyl (C=O) groups excluding carboxylic acids is 1. The molecule has 1 heterocycles. The maximum absolute atomic E-state index is 10.6. The fourth-order valence-corrected chi connectivity index (χ4v) is 3.40. The average molecular weight is 271 g/mol. The molecule has 0 saturated carbocycles. The van der Waals surface area contributed by atoms with Crippen molar-refractivity contribution >= 4 is 37.9 Å². The molecule has 0 radical (unpaired) electrons. The number of fused-ring (bicyclic) bond motifs is 3. The zero-order valence-corrected chi connectivity index (χ0v) is 11.2. The van der Waals surface area contributed by atoms with Gasteiger partial charge in [-0.05, 0) is 24.6 Å². The second-order valence-electron chi connectivity index (χ2n) is 4.52. The van der Waals surface area contributed by atoms with Gasteiger partial charge in [0.2, 0.25) is 6.41 Å². The Labute approximate surface area is 114 Å². The molecule has 2 aromatic carbocycles. The van der Waals surface area contributed by atoms with Crippen LogP contribution in [0.1, 0.15) is 18.5 Å². The van der Waals surface area contributed by atoms with Crippen LogP contribution in [0.2, 0.25) is 0 Å². The van der Waals surface area contributed by atoms with Gasteiger partial charge in [0, 0.05) is 20.2 Å². The Hall–Kier alpha value is -1.91. The third kappa shape index (κ3) is 1.99. The molecule has 1 atom stereocenters. The van der Waals surface area contributed by atoms with Crippen LogP contribution in [0, 0.1) is 0 Å². The number of nitrogens with zero attached hydrogens (tertiary/aromatic N) is 1. The Morgan fingerprint density at radius 1 is 1.16 bits per heavy atom. The minimum absolute atomic E-state index is 0.341. The first kappa shape index (κ1) is 12.1. The summed E-state index contributed by atoms with van der Waals surface area (Å²) in [5.74, 6) is 0. The monoisotopic (exact) mass is 271 g/mol. The zero-order chi connectivity index (χ0) is 13.4. The molecule has 3 rings (SSSR count). The Morgan fingerprint density at radius 2 is 1.89 bits per heavy atom. The smallest absolute Gasteiger partial charge is 0.233 e. The van der Waals surface area contributed by atoms with Crippen molar-refractivity contribution in [1.82, 2.24) is 5.06 Å². The van der Waals surface area contributed by atoms with Gasteiger partial charge in [0.15, 0.2) is 0 Å². The average Bonchev–Trinajstić information content (AvgIpc) is 2.83. The van der Waals surface area contributed by atoms with E-state index in [2.05, 4.69) is 18.2 Å². The molecule has 96 valence electrons. The molecule has 0 aliphatic carbocycles. The standard InChI is InChI=1S/C15H13NO2S/c1-10(16(18)9-17)11-6-7-13-12-4-2-3-5-14(12)19-15(13)8-11/h2-10,18H,1H3. The number of hydrogen-bond acceptors (Lipinski definition) is 3. The van der Waals surface area contributed by atoms with Crippen LogP contribution >= 0.6 is 11.3 Å². The molecule has 1 N–H and O–H groups in total. The van der Waals surface area contributed by atoms with Gasteiger partial charge in [0.25, 0.3) is 0 Å². The Balaban J connectivity index is 2.16. The predicted octanol–water partition coefficient (Wildman–Crippen LogP) is 3.96. The van der Waals surface area contributed by atoms with Gasteiger partial charge in [0.1, 0.15) is 0 Å². The Morgan fingerprint density at radius 3 is 2.68 bits per heavy atom. The summed E-state index contributed by atoms with van der Waals surface area (Å²) in [6, 6.07) is 14.0. The summed E-state index contributed by atoms with van der Waals surface area (Å²) >= 11 is 1.72. The van der Waals surface area contributed by atoms with E-state index in [1.807, 2.05) is 24.3 Å². The maximum Gasteiger partial charge on any atom is 0.233 e. The van der Waals surface area contributed by atoms with Crippen LogP contribution in [0.15, 0.2) is 42.5 Å². The number of rotatable bonds is 3. The van der Waals surface area contributed by atoms with Gasteiger partial charge in [-0.15, -0.1) is 11.3 Å². The van der Waals surface area contributed by atoms with E-state index < -0.39 is 0 Å². The van der Waals surface area contributed by atoms with E-state index in [4.69, 9.17) is 0 Å². The van der Waals surface area contributed by atoms with Crippen LogP contribution in [0.5, 0.6) is 0 Å². The highest BCUT2D eigenvalue weighted by Crippen LogP contribution is 2.35. The van der Waals surface area contributed by atoms with Gasteiger partial charge in [-0.25, -0.2) is 5.06 Å². The minimum Gasteiger partial charge on any atom is -0.286 e. The van der Waals surface area contributed by atoms with E-state index in [-0.39, 0.29) is 6.04 Å². The van der Waals surface area contributed by atoms with Crippen molar-refractivity contribution < 1.29 is 10.0 Å². The van der Waals surface area contributed by atoms with Gasteiger partial charge in [-0.1, -0.05) is 30.3 Å². The second kappa shape index (κ2) is 4.64. The lowest BCUT2D eigenvalue weighted by Crippen LogP contribution is -2.20. The SMILES string of the molecule is CC(c1ccc2c(c1)sc1ccccc12)N(O)C=O. The first-order chi connectivity index (χ1) is 9.20. The lowest BCUT2D eigenvalue weighted by molar-refractivity contribution is -0.159. The van der Waals surface area contributed by atoms with Gasteiger partial charge in [-0.2, -0.15) is 0 Å². The molecule has 0 saturated heterocycles. The summed E-state index contributed by atoms with van der Waals surface area (Å²) in [4.78, 5) is 10.6. The number of hydroxylamine groups is 2. The van der Waals surface area contributed by atoms with Gasteiger partial charge in [-0.3, -0.25) is 10.0 Å². The highest BCUT2D eigenvalue weighted by molar-refractivity contribution is 7.25. The van der Waals surface area contributed by atoms with E-state index in [1.54, 1.807) is 18.3 Å². The van der Waals surface area contributed by atoms with Crippen LogP contribution in [0.3, 0.4) is 0 Å². The molecule has 0 aliphatic rings. The molecule has 1 amide bonds. The largest absolute Gasteiger partial charge is 0.286 e. The minimum atomic E-state index is -0.341. The highest BCUT2D eigenvalue weighted by atomic mass is 32.1. The molecule has 1 aromatic heterocycles. The van der Waals surface area contributed by atoms with Crippen LogP contribution in [0.4, 0.5) is 0 Å². The highest BCUT2D eigenvalue weighted by Gasteiger charge is 2.13. The third-order valence-corrected chi connectivity index (χ3v) is 4.52. The molecule has 0 aliphatic heterocycles. The summed E-state index contributed by atoms with van der Waals surface area (Å²) in [5, 5.41) is 12.6. The van der Waals surface area contributed by atoms with Crippen LogP contribution in [-0.4, -0.2) is 16.7 Å². The number of carbonyl (C=O) groups is 1. The second-order valence-corrected chi connectivity index (χ2v) is 5.60. The molecular formula is C15H13NO2S. The lowest BCUT2D eigenvalue weighted by atomic mass is 10.1. The van der Waals surface area contributed by atoms with Gasteiger partial charge < -0.3 is 0 Å². The van der Waals surface area contributed by atoms with Crippen LogP contribution < -0.4 is 0 Å². The van der Waals surface area contributed by atoms with E-state index in [0.29, 0.717) is 11.5 Å². The van der Waals surface area contributed by atoms with Gasteiger partial charge in [0.05, 0.1) is 6.04 Å².